The van der Waals surface area contributed by atoms with Gasteiger partial charge in [0.15, 0.2) is 0 Å². The number of rotatable bonds is 5. The molecule has 12 heavy (non-hydrogen) atoms. The van der Waals surface area contributed by atoms with Gasteiger partial charge in [0.25, 0.3) is 0 Å². The number of aliphatic hydroxyl groups is 1. The minimum Gasteiger partial charge on any atom is -0.481 e. The third-order valence-corrected chi connectivity index (χ3v) is 1.50. The van der Waals surface area contributed by atoms with Gasteiger partial charge < -0.3 is 10.2 Å². The molecule has 4 heteroatoms. The first-order valence-electron chi connectivity index (χ1n) is 3.83. The maximum absolute atomic E-state index is 10.9. The van der Waals surface area contributed by atoms with E-state index in [0.29, 0.717) is 6.42 Å². The Morgan fingerprint density at radius 3 is 2.17 bits per heavy atom. The van der Waals surface area contributed by atoms with Gasteiger partial charge in [0.1, 0.15) is 5.78 Å². The Morgan fingerprint density at radius 1 is 1.33 bits per heavy atom. The molecule has 0 heterocycles. The number of Topliss-reactive ketones (excluding diaryl/α,β-unsaturated/α-hetero) is 1. The van der Waals surface area contributed by atoms with Crippen molar-refractivity contribution in [3.8, 4) is 0 Å². The second-order valence-corrected chi connectivity index (χ2v) is 3.14. The van der Waals surface area contributed by atoms with Gasteiger partial charge in [-0.05, 0) is 6.92 Å². The van der Waals surface area contributed by atoms with Crippen molar-refractivity contribution in [1.29, 1.82) is 0 Å². The van der Waals surface area contributed by atoms with Gasteiger partial charge in [-0.3, -0.25) is 9.59 Å². The maximum Gasteiger partial charge on any atom is 0.306 e. The quantitative estimate of drug-likeness (QED) is 0.639. The monoisotopic (exact) mass is 174 g/mol. The smallest absolute Gasteiger partial charge is 0.306 e. The number of carbonyl (C=O) groups excluding carboxylic acids is 1. The number of carboxylic acids is 1. The topological polar surface area (TPSA) is 74.6 Å². The summed E-state index contributed by atoms with van der Waals surface area (Å²) >= 11 is 0. The Labute approximate surface area is 71.2 Å². The number of ketones is 1. The molecular formula is C8H14O4. The normalized spacial score (nSPS) is 15.2. The first-order valence-corrected chi connectivity index (χ1v) is 3.83. The average molecular weight is 174 g/mol. The third kappa shape index (κ3) is 4.85. The highest BCUT2D eigenvalue weighted by Crippen LogP contribution is 2.15. The van der Waals surface area contributed by atoms with E-state index >= 15 is 0 Å². The molecule has 0 spiro atoms. The summed E-state index contributed by atoms with van der Waals surface area (Å²) in [5.41, 5.74) is -1.40. The predicted molar refractivity (Wildman–Crippen MR) is 42.8 cm³/mol. The summed E-state index contributed by atoms with van der Waals surface area (Å²) in [4.78, 5) is 21.1. The number of hydrogen-bond acceptors (Lipinski definition) is 3. The molecule has 0 aliphatic rings. The molecule has 2 N–H and O–H groups in total. The SMILES string of the molecule is CCC(=O)CC(C)(O)CC(=O)O. The Balaban J connectivity index is 4.03. The van der Waals surface area contributed by atoms with Crippen LogP contribution in [0.2, 0.25) is 0 Å². The lowest BCUT2D eigenvalue weighted by molar-refractivity contribution is -0.142. The highest BCUT2D eigenvalue weighted by molar-refractivity contribution is 5.80. The Kier molecular flexibility index (Phi) is 3.89. The van der Waals surface area contributed by atoms with E-state index in [-0.39, 0.29) is 12.2 Å². The molecule has 0 radical (unpaired) electrons. The van der Waals surface area contributed by atoms with E-state index in [0.717, 1.165) is 0 Å². The van der Waals surface area contributed by atoms with Crippen molar-refractivity contribution in [3.05, 3.63) is 0 Å². The van der Waals surface area contributed by atoms with E-state index < -0.39 is 18.0 Å². The first-order chi connectivity index (χ1) is 5.37. The van der Waals surface area contributed by atoms with Gasteiger partial charge in [0, 0.05) is 12.8 Å². The van der Waals surface area contributed by atoms with E-state index in [9.17, 15) is 14.7 Å². The lowest BCUT2D eigenvalue weighted by Crippen LogP contribution is -2.30. The van der Waals surface area contributed by atoms with Crippen molar-refractivity contribution in [2.24, 2.45) is 0 Å². The molecule has 0 saturated carbocycles. The van der Waals surface area contributed by atoms with Crippen LogP contribution in [-0.4, -0.2) is 27.6 Å². The summed E-state index contributed by atoms with van der Waals surface area (Å²) in [6.07, 6.45) is -0.149. The van der Waals surface area contributed by atoms with Crippen molar-refractivity contribution in [1.82, 2.24) is 0 Å². The number of aliphatic carboxylic acids is 1. The van der Waals surface area contributed by atoms with Gasteiger partial charge in [0.05, 0.1) is 12.0 Å². The molecule has 0 bridgehead atoms. The molecule has 0 aliphatic carbocycles. The van der Waals surface area contributed by atoms with Crippen LogP contribution in [0.15, 0.2) is 0 Å². The average Bonchev–Trinajstić information content (AvgIpc) is 1.83. The van der Waals surface area contributed by atoms with Crippen molar-refractivity contribution in [2.45, 2.75) is 38.7 Å². The van der Waals surface area contributed by atoms with Crippen LogP contribution >= 0.6 is 0 Å². The van der Waals surface area contributed by atoms with Crippen LogP contribution in [0.5, 0.6) is 0 Å². The lowest BCUT2D eigenvalue weighted by Gasteiger charge is -2.19. The highest BCUT2D eigenvalue weighted by Gasteiger charge is 2.26. The summed E-state index contributed by atoms with van der Waals surface area (Å²) < 4.78 is 0. The molecule has 0 rings (SSSR count). The highest BCUT2D eigenvalue weighted by atomic mass is 16.4. The molecule has 0 aromatic rings. The second-order valence-electron chi connectivity index (χ2n) is 3.14. The third-order valence-electron chi connectivity index (χ3n) is 1.50. The van der Waals surface area contributed by atoms with Crippen LogP contribution in [0, 0.1) is 0 Å². The van der Waals surface area contributed by atoms with Crippen molar-refractivity contribution < 1.29 is 19.8 Å². The fraction of sp³-hybridized carbons (Fsp3) is 0.750. The molecule has 0 aromatic carbocycles. The van der Waals surface area contributed by atoms with Crippen LogP contribution in [0.3, 0.4) is 0 Å². The van der Waals surface area contributed by atoms with Crippen LogP contribution < -0.4 is 0 Å². The summed E-state index contributed by atoms with van der Waals surface area (Å²) in [5, 5.41) is 17.7. The molecule has 0 aromatic heterocycles. The zero-order chi connectivity index (χ0) is 9.78. The molecular weight excluding hydrogens is 160 g/mol. The standard InChI is InChI=1S/C8H14O4/c1-3-6(9)4-8(2,12)5-7(10)11/h12H,3-5H2,1-2H3,(H,10,11). The summed E-state index contributed by atoms with van der Waals surface area (Å²) in [6.45, 7) is 3.04. The van der Waals surface area contributed by atoms with Gasteiger partial charge in [0.2, 0.25) is 0 Å². The summed E-state index contributed by atoms with van der Waals surface area (Å²) in [6, 6.07) is 0. The van der Waals surface area contributed by atoms with Crippen LogP contribution in [-0.2, 0) is 9.59 Å². The number of carboxylic acid groups (broad SMARTS) is 1. The summed E-state index contributed by atoms with van der Waals surface area (Å²) in [7, 11) is 0. The fourth-order valence-corrected chi connectivity index (χ4v) is 0.938. The molecule has 1 unspecified atom stereocenters. The van der Waals surface area contributed by atoms with E-state index in [4.69, 9.17) is 5.11 Å². The fourth-order valence-electron chi connectivity index (χ4n) is 0.938. The Bertz CT molecular complexity index is 183. The van der Waals surface area contributed by atoms with Gasteiger partial charge in [-0.2, -0.15) is 0 Å². The van der Waals surface area contributed by atoms with E-state index in [1.165, 1.54) is 6.92 Å². The van der Waals surface area contributed by atoms with Crippen LogP contribution in [0.4, 0.5) is 0 Å². The van der Waals surface area contributed by atoms with Crippen molar-refractivity contribution in [2.75, 3.05) is 0 Å². The summed E-state index contributed by atoms with van der Waals surface area (Å²) in [5.74, 6) is -1.22. The molecule has 0 fully saturated rings. The number of carbonyl (C=O) groups is 2. The van der Waals surface area contributed by atoms with Gasteiger partial charge in [-0.1, -0.05) is 6.92 Å². The van der Waals surface area contributed by atoms with Gasteiger partial charge in [-0.15, -0.1) is 0 Å². The van der Waals surface area contributed by atoms with Crippen molar-refractivity contribution >= 4 is 11.8 Å². The first kappa shape index (κ1) is 11.1. The van der Waals surface area contributed by atoms with E-state index in [2.05, 4.69) is 0 Å². The Hall–Kier alpha value is -0.900. The largest absolute Gasteiger partial charge is 0.481 e. The molecule has 0 aliphatic heterocycles. The minimum absolute atomic E-state index is 0.0875. The predicted octanol–water partition coefficient (Wildman–Crippen LogP) is 0.581. The van der Waals surface area contributed by atoms with Gasteiger partial charge in [-0.25, -0.2) is 0 Å². The second kappa shape index (κ2) is 4.21. The van der Waals surface area contributed by atoms with E-state index in [1.54, 1.807) is 6.92 Å². The number of hydrogen-bond donors (Lipinski definition) is 2. The minimum atomic E-state index is -1.40. The maximum atomic E-state index is 10.9. The zero-order valence-electron chi connectivity index (χ0n) is 7.33. The molecule has 70 valence electrons. The molecule has 0 saturated heterocycles. The van der Waals surface area contributed by atoms with Crippen molar-refractivity contribution in [3.63, 3.8) is 0 Å². The van der Waals surface area contributed by atoms with Gasteiger partial charge >= 0.3 is 5.97 Å². The molecule has 1 atom stereocenters. The molecule has 4 nitrogen and oxygen atoms in total. The lowest BCUT2D eigenvalue weighted by atomic mass is 9.95. The Morgan fingerprint density at radius 2 is 1.83 bits per heavy atom. The molecule has 0 amide bonds. The van der Waals surface area contributed by atoms with E-state index in [1.807, 2.05) is 0 Å². The zero-order valence-corrected chi connectivity index (χ0v) is 7.33. The van der Waals surface area contributed by atoms with Crippen LogP contribution in [0.1, 0.15) is 33.1 Å². The van der Waals surface area contributed by atoms with Crippen LogP contribution in [0.25, 0.3) is 0 Å².